The number of aromatic nitrogens is 1. The summed E-state index contributed by atoms with van der Waals surface area (Å²) in [6.07, 6.45) is 3.62. The van der Waals surface area contributed by atoms with Gasteiger partial charge in [-0.1, -0.05) is 63.7 Å². The lowest BCUT2D eigenvalue weighted by Gasteiger charge is -2.30. The molecule has 1 atom stereocenters. The summed E-state index contributed by atoms with van der Waals surface area (Å²) in [6.45, 7) is 0.233. The minimum absolute atomic E-state index is 0.0314. The maximum atomic E-state index is 14.1. The molecule has 2 aliphatic rings. The van der Waals surface area contributed by atoms with Crippen molar-refractivity contribution in [2.24, 2.45) is 4.99 Å². The smallest absolute Gasteiger partial charge is 0.271 e. The summed E-state index contributed by atoms with van der Waals surface area (Å²) in [4.78, 5) is 30.4. The van der Waals surface area contributed by atoms with Gasteiger partial charge < -0.3 is 4.74 Å². The van der Waals surface area contributed by atoms with E-state index in [4.69, 9.17) is 9.73 Å². The second-order valence-electron chi connectivity index (χ2n) is 10.7. The molecule has 5 aromatic rings. The van der Waals surface area contributed by atoms with Gasteiger partial charge in [0, 0.05) is 22.2 Å². The third kappa shape index (κ3) is 5.78. The summed E-state index contributed by atoms with van der Waals surface area (Å²) in [5, 5.41) is 10.9. The fourth-order valence-corrected chi connectivity index (χ4v) is 8.51. The minimum Gasteiger partial charge on any atom is -0.487 e. The first kappa shape index (κ1) is 30.0. The number of halogens is 3. The van der Waals surface area contributed by atoms with Gasteiger partial charge in [-0.2, -0.15) is 0 Å². The Kier molecular flexibility index (Phi) is 8.20. The van der Waals surface area contributed by atoms with Gasteiger partial charge in [0.1, 0.15) is 12.4 Å². The molecule has 1 aliphatic heterocycles. The molecule has 0 saturated heterocycles. The van der Waals surface area contributed by atoms with Crippen LogP contribution in [0.15, 0.2) is 114 Å². The lowest BCUT2D eigenvalue weighted by Crippen LogP contribution is -2.38. The van der Waals surface area contributed by atoms with Gasteiger partial charge in [-0.3, -0.25) is 19.5 Å². The van der Waals surface area contributed by atoms with Crippen LogP contribution in [0.5, 0.6) is 5.75 Å². The van der Waals surface area contributed by atoms with Gasteiger partial charge in [-0.15, -0.1) is 0 Å². The van der Waals surface area contributed by atoms with E-state index in [1.54, 1.807) is 12.1 Å². The van der Waals surface area contributed by atoms with E-state index in [0.717, 1.165) is 50.8 Å². The zero-order chi connectivity index (χ0) is 31.2. The Balaban J connectivity index is 1.27. The number of ether oxygens (including phenoxy) is 1. The number of thiazole rings is 1. The van der Waals surface area contributed by atoms with Gasteiger partial charge in [0.25, 0.3) is 11.2 Å². The molecule has 0 unspecified atom stereocenters. The van der Waals surface area contributed by atoms with Crippen molar-refractivity contribution >= 4 is 76.6 Å². The van der Waals surface area contributed by atoms with Gasteiger partial charge in [-0.05, 0) is 115 Å². The van der Waals surface area contributed by atoms with Gasteiger partial charge in [0.2, 0.25) is 0 Å². The van der Waals surface area contributed by atoms with Crippen molar-refractivity contribution in [2.75, 3.05) is 0 Å². The maximum absolute atomic E-state index is 14.1. The lowest BCUT2D eigenvalue weighted by atomic mass is 9.83. The van der Waals surface area contributed by atoms with Crippen LogP contribution in [-0.4, -0.2) is 9.49 Å². The molecule has 0 saturated carbocycles. The molecular formula is C34H22Br3N3O4S. The highest BCUT2D eigenvalue weighted by atomic mass is 79.9. The third-order valence-corrected chi connectivity index (χ3v) is 10.6. The topological polar surface area (TPSA) is 86.7 Å². The first-order valence-corrected chi connectivity index (χ1v) is 17.2. The standard InChI is InChI=1S/C34H22Br3N3O4S/c35-23-10-7-22(8-11-23)31-26-14-9-21-3-1-2-4-25(21)30(26)38-34-39(31)33(41)29(45-34)17-20-15-27(36)32(28(37)16-20)44-18-19-5-12-24(13-6-19)40(42)43/h1-8,10-13,15-17,31H,9,14,18H2/b29-17-/t31-/m1/s1. The van der Waals surface area contributed by atoms with Gasteiger partial charge in [0.05, 0.1) is 30.1 Å². The molecule has 11 heteroatoms. The van der Waals surface area contributed by atoms with Crippen molar-refractivity contribution in [2.45, 2.75) is 25.5 Å². The Bertz CT molecular complexity index is 2180. The summed E-state index contributed by atoms with van der Waals surface area (Å²) in [5.74, 6) is 0.591. The molecule has 224 valence electrons. The zero-order valence-electron chi connectivity index (χ0n) is 23.4. The second kappa shape index (κ2) is 12.3. The van der Waals surface area contributed by atoms with E-state index < -0.39 is 4.92 Å². The average molecular weight is 808 g/mol. The first-order valence-electron chi connectivity index (χ1n) is 14.0. The highest BCUT2D eigenvalue weighted by molar-refractivity contribution is 9.11. The predicted molar refractivity (Wildman–Crippen MR) is 186 cm³/mol. The number of hydrogen-bond donors (Lipinski definition) is 0. The van der Waals surface area contributed by atoms with Crippen LogP contribution in [-0.2, 0) is 13.0 Å². The van der Waals surface area contributed by atoms with Crippen molar-refractivity contribution in [1.82, 2.24) is 4.57 Å². The van der Waals surface area contributed by atoms with Crippen molar-refractivity contribution in [3.8, 4) is 5.75 Å². The molecule has 2 heterocycles. The summed E-state index contributed by atoms with van der Waals surface area (Å²) >= 11 is 12.2. The number of nitro groups is 1. The largest absolute Gasteiger partial charge is 0.487 e. The van der Waals surface area contributed by atoms with Crippen LogP contribution in [0.2, 0.25) is 0 Å². The van der Waals surface area contributed by atoms with Crippen molar-refractivity contribution in [3.63, 3.8) is 0 Å². The van der Waals surface area contributed by atoms with Crippen LogP contribution in [0.1, 0.15) is 40.3 Å². The quantitative estimate of drug-likeness (QED) is 0.128. The fourth-order valence-electron chi connectivity index (χ4n) is 5.79. The summed E-state index contributed by atoms with van der Waals surface area (Å²) in [6, 6.07) is 26.4. The maximum Gasteiger partial charge on any atom is 0.271 e. The zero-order valence-corrected chi connectivity index (χ0v) is 29.0. The summed E-state index contributed by atoms with van der Waals surface area (Å²) < 4.78 is 10.9. The highest BCUT2D eigenvalue weighted by Crippen LogP contribution is 2.41. The number of fused-ring (bicyclic) bond motifs is 3. The van der Waals surface area contributed by atoms with Crippen molar-refractivity contribution < 1.29 is 9.66 Å². The van der Waals surface area contributed by atoms with Crippen LogP contribution in [0.4, 0.5) is 5.69 Å². The Morgan fingerprint density at radius 2 is 1.69 bits per heavy atom. The van der Waals surface area contributed by atoms with Gasteiger partial charge >= 0.3 is 0 Å². The molecule has 1 aliphatic carbocycles. The van der Waals surface area contributed by atoms with E-state index in [2.05, 4.69) is 78.1 Å². The number of nitro benzene ring substituents is 1. The van der Waals surface area contributed by atoms with Crippen LogP contribution >= 0.6 is 59.1 Å². The SMILES string of the molecule is O=c1/c(=C/c2cc(Br)c(OCc3ccc([N+](=O)[O-])cc3)c(Br)c2)sc2n1[C@H](c1ccc(Br)cc1)C1=C(N=2)c2ccccc2CC1. The molecular weight excluding hydrogens is 786 g/mol. The van der Waals surface area contributed by atoms with Crippen LogP contribution < -0.4 is 19.6 Å². The monoisotopic (exact) mass is 805 g/mol. The molecule has 1 aromatic heterocycles. The van der Waals surface area contributed by atoms with E-state index in [-0.39, 0.29) is 23.9 Å². The molecule has 7 nitrogen and oxygen atoms in total. The number of benzene rings is 4. The van der Waals surface area contributed by atoms with E-state index in [9.17, 15) is 14.9 Å². The number of aryl methyl sites for hydroxylation is 1. The normalized spacial score (nSPS) is 15.6. The van der Waals surface area contributed by atoms with Gasteiger partial charge in [0.15, 0.2) is 4.80 Å². The summed E-state index contributed by atoms with van der Waals surface area (Å²) in [5.41, 5.74) is 7.16. The number of rotatable bonds is 6. The Morgan fingerprint density at radius 3 is 2.40 bits per heavy atom. The Morgan fingerprint density at radius 1 is 0.978 bits per heavy atom. The molecule has 0 bridgehead atoms. The molecule has 0 N–H and O–H groups in total. The van der Waals surface area contributed by atoms with Crippen molar-refractivity contribution in [3.05, 3.63) is 162 Å². The number of nitrogens with zero attached hydrogens (tertiary/aromatic N) is 3. The van der Waals surface area contributed by atoms with E-state index in [1.807, 2.05) is 41.0 Å². The van der Waals surface area contributed by atoms with E-state index >= 15 is 0 Å². The molecule has 0 amide bonds. The molecule has 45 heavy (non-hydrogen) atoms. The fraction of sp³-hybridized carbons (Fsp3) is 0.118. The van der Waals surface area contributed by atoms with Crippen LogP contribution in [0.3, 0.4) is 0 Å². The third-order valence-electron chi connectivity index (χ3n) is 7.91. The molecule has 0 spiro atoms. The number of hydrogen-bond acceptors (Lipinski definition) is 6. The summed E-state index contributed by atoms with van der Waals surface area (Å²) in [7, 11) is 0. The highest BCUT2D eigenvalue weighted by Gasteiger charge is 2.32. The average Bonchev–Trinajstić information content (AvgIpc) is 3.34. The van der Waals surface area contributed by atoms with Crippen LogP contribution in [0.25, 0.3) is 11.8 Å². The van der Waals surface area contributed by atoms with Crippen LogP contribution in [0, 0.1) is 10.1 Å². The van der Waals surface area contributed by atoms with Gasteiger partial charge in [-0.25, -0.2) is 4.99 Å². The number of allylic oxidation sites excluding steroid dienone is 1. The Labute approximate surface area is 286 Å². The first-order chi connectivity index (χ1) is 21.8. The Hall–Kier alpha value is -3.64. The second-order valence-corrected chi connectivity index (χ2v) is 14.3. The van der Waals surface area contributed by atoms with Crippen molar-refractivity contribution in [1.29, 1.82) is 0 Å². The molecule has 0 fully saturated rings. The molecule has 7 rings (SSSR count). The van der Waals surface area contributed by atoms with E-state index in [1.165, 1.54) is 29.0 Å². The molecule has 0 radical (unpaired) electrons. The number of non-ortho nitro benzene ring substituents is 1. The molecule has 4 aromatic carbocycles. The minimum atomic E-state index is -0.429. The predicted octanol–water partition coefficient (Wildman–Crippen LogP) is 8.09. The van der Waals surface area contributed by atoms with E-state index in [0.29, 0.717) is 24.0 Å². The lowest BCUT2D eigenvalue weighted by molar-refractivity contribution is -0.384.